The molecule has 0 bridgehead atoms. The Morgan fingerprint density at radius 3 is 2.75 bits per heavy atom. The number of likely N-dealkylation sites (tertiary alicyclic amines) is 1. The van der Waals surface area contributed by atoms with Crippen molar-refractivity contribution in [2.45, 2.75) is 32.9 Å². The molecule has 6 nitrogen and oxygen atoms in total. The number of rotatable bonds is 4. The van der Waals surface area contributed by atoms with Gasteiger partial charge in [-0.2, -0.15) is 10.2 Å². The quantitative estimate of drug-likeness (QED) is 0.549. The fourth-order valence-corrected chi connectivity index (χ4v) is 4.25. The molecule has 1 aromatic carbocycles. The van der Waals surface area contributed by atoms with Crippen LogP contribution in [0.5, 0.6) is 0 Å². The van der Waals surface area contributed by atoms with Crippen LogP contribution in [0, 0.1) is 13.8 Å². The largest absolute Gasteiger partial charge is 0.297 e. The molecular formula is C22H24N6. The average Bonchev–Trinajstić information content (AvgIpc) is 3.41. The second kappa shape index (κ2) is 6.87. The molecule has 0 aliphatic carbocycles. The normalized spacial score (nSPS) is 17.6. The minimum Gasteiger partial charge on any atom is -0.297 e. The summed E-state index contributed by atoms with van der Waals surface area (Å²) in [7, 11) is 0. The van der Waals surface area contributed by atoms with Gasteiger partial charge in [0.1, 0.15) is 0 Å². The fraction of sp³-hybridized carbons (Fsp3) is 0.318. The number of aryl methyl sites for hydroxylation is 2. The molecule has 142 valence electrons. The van der Waals surface area contributed by atoms with Crippen molar-refractivity contribution in [1.82, 2.24) is 29.3 Å². The molecule has 0 amide bonds. The summed E-state index contributed by atoms with van der Waals surface area (Å²) in [6, 6.07) is 12.9. The molecule has 6 heteroatoms. The Morgan fingerprint density at radius 1 is 1.11 bits per heavy atom. The second-order valence-corrected chi connectivity index (χ2v) is 7.70. The minimum atomic E-state index is 0.458. The van der Waals surface area contributed by atoms with E-state index in [0.717, 1.165) is 48.5 Å². The Bertz CT molecular complexity index is 1110. The van der Waals surface area contributed by atoms with E-state index in [0.29, 0.717) is 6.04 Å². The lowest BCUT2D eigenvalue weighted by atomic mass is 10.1. The van der Waals surface area contributed by atoms with Crippen LogP contribution in [0.4, 0.5) is 0 Å². The van der Waals surface area contributed by atoms with E-state index in [-0.39, 0.29) is 0 Å². The van der Waals surface area contributed by atoms with Crippen molar-refractivity contribution < 1.29 is 0 Å². The molecule has 0 spiro atoms. The highest BCUT2D eigenvalue weighted by atomic mass is 15.3. The van der Waals surface area contributed by atoms with Gasteiger partial charge in [0.2, 0.25) is 0 Å². The molecule has 4 aromatic rings. The van der Waals surface area contributed by atoms with Crippen LogP contribution in [0.3, 0.4) is 0 Å². The maximum atomic E-state index is 4.71. The van der Waals surface area contributed by atoms with E-state index in [1.807, 2.05) is 35.1 Å². The van der Waals surface area contributed by atoms with Crippen LogP contribution < -0.4 is 0 Å². The Kier molecular flexibility index (Phi) is 4.20. The van der Waals surface area contributed by atoms with E-state index >= 15 is 0 Å². The van der Waals surface area contributed by atoms with Gasteiger partial charge in [0.25, 0.3) is 0 Å². The van der Waals surface area contributed by atoms with Crippen molar-refractivity contribution in [3.63, 3.8) is 0 Å². The van der Waals surface area contributed by atoms with Crippen LogP contribution >= 0.6 is 0 Å². The van der Waals surface area contributed by atoms with Gasteiger partial charge in [-0.05, 0) is 31.9 Å². The Balaban J connectivity index is 1.33. The van der Waals surface area contributed by atoms with Gasteiger partial charge in [0, 0.05) is 48.8 Å². The van der Waals surface area contributed by atoms with Gasteiger partial charge in [-0.3, -0.25) is 9.58 Å². The Hall–Kier alpha value is -2.99. The third kappa shape index (κ3) is 3.10. The highest BCUT2D eigenvalue weighted by molar-refractivity contribution is 5.76. The molecule has 1 atom stereocenters. The number of nitrogens with zero attached hydrogens (tertiary/aromatic N) is 6. The molecule has 0 radical (unpaired) electrons. The molecule has 0 N–H and O–H groups in total. The van der Waals surface area contributed by atoms with Crippen molar-refractivity contribution >= 4 is 5.65 Å². The summed E-state index contributed by atoms with van der Waals surface area (Å²) in [5, 5.41) is 9.20. The van der Waals surface area contributed by atoms with E-state index in [2.05, 4.69) is 58.0 Å². The predicted molar refractivity (Wildman–Crippen MR) is 109 cm³/mol. The van der Waals surface area contributed by atoms with Gasteiger partial charge in [-0.25, -0.2) is 9.50 Å². The SMILES string of the molecule is Cc1cc(C)n([C@H]2CCN(Cc3cnc4c(-c5ccccc5)cnn4c3)C2)n1. The third-order valence-corrected chi connectivity index (χ3v) is 5.54. The van der Waals surface area contributed by atoms with Crippen molar-refractivity contribution in [3.8, 4) is 11.1 Å². The summed E-state index contributed by atoms with van der Waals surface area (Å²) in [5.74, 6) is 0. The van der Waals surface area contributed by atoms with Crippen LogP contribution in [-0.2, 0) is 6.54 Å². The van der Waals surface area contributed by atoms with E-state index < -0.39 is 0 Å². The lowest BCUT2D eigenvalue weighted by Gasteiger charge is -2.17. The monoisotopic (exact) mass is 372 g/mol. The zero-order chi connectivity index (χ0) is 19.1. The first-order valence-electron chi connectivity index (χ1n) is 9.80. The van der Waals surface area contributed by atoms with Gasteiger partial charge in [-0.1, -0.05) is 30.3 Å². The molecule has 1 saturated heterocycles. The topological polar surface area (TPSA) is 51.2 Å². The lowest BCUT2D eigenvalue weighted by Crippen LogP contribution is -2.22. The zero-order valence-electron chi connectivity index (χ0n) is 16.3. The first kappa shape index (κ1) is 17.1. The standard InChI is InChI=1S/C22H24N6/c1-16-10-17(2)28(25-16)20-8-9-26(15-20)13-18-11-23-22-21(12-24-27(22)14-18)19-6-4-3-5-7-19/h3-7,10-12,14,20H,8-9,13,15H2,1-2H3/t20-/m0/s1. The summed E-state index contributed by atoms with van der Waals surface area (Å²) in [6.07, 6.45) is 7.12. The predicted octanol–water partition coefficient (Wildman–Crippen LogP) is 3.66. The lowest BCUT2D eigenvalue weighted by molar-refractivity contribution is 0.309. The smallest absolute Gasteiger partial charge is 0.162 e. The Morgan fingerprint density at radius 2 is 1.96 bits per heavy atom. The van der Waals surface area contributed by atoms with Gasteiger partial charge < -0.3 is 0 Å². The van der Waals surface area contributed by atoms with E-state index in [1.165, 1.54) is 11.3 Å². The zero-order valence-corrected chi connectivity index (χ0v) is 16.3. The summed E-state index contributed by atoms with van der Waals surface area (Å²) in [5.41, 5.74) is 6.64. The van der Waals surface area contributed by atoms with Gasteiger partial charge in [-0.15, -0.1) is 0 Å². The molecule has 0 unspecified atom stereocenters. The molecule has 5 rings (SSSR count). The summed E-state index contributed by atoms with van der Waals surface area (Å²) in [6.45, 7) is 7.19. The molecule has 0 saturated carbocycles. The highest BCUT2D eigenvalue weighted by Gasteiger charge is 2.25. The van der Waals surface area contributed by atoms with E-state index in [9.17, 15) is 0 Å². The minimum absolute atomic E-state index is 0.458. The third-order valence-electron chi connectivity index (χ3n) is 5.54. The van der Waals surface area contributed by atoms with Crippen molar-refractivity contribution in [3.05, 3.63) is 71.9 Å². The second-order valence-electron chi connectivity index (χ2n) is 7.70. The highest BCUT2D eigenvalue weighted by Crippen LogP contribution is 2.26. The van der Waals surface area contributed by atoms with Crippen LogP contribution in [0.1, 0.15) is 29.4 Å². The van der Waals surface area contributed by atoms with Gasteiger partial charge in [0.05, 0.1) is 17.9 Å². The van der Waals surface area contributed by atoms with Crippen LogP contribution in [-0.4, -0.2) is 42.4 Å². The Labute approximate surface area is 164 Å². The van der Waals surface area contributed by atoms with Crippen LogP contribution in [0.15, 0.2) is 55.0 Å². The molecule has 28 heavy (non-hydrogen) atoms. The van der Waals surface area contributed by atoms with Gasteiger partial charge >= 0.3 is 0 Å². The van der Waals surface area contributed by atoms with E-state index in [1.54, 1.807) is 0 Å². The number of hydrogen-bond acceptors (Lipinski definition) is 4. The first-order chi connectivity index (χ1) is 13.7. The fourth-order valence-electron chi connectivity index (χ4n) is 4.25. The number of aromatic nitrogens is 5. The first-order valence-corrected chi connectivity index (χ1v) is 9.80. The van der Waals surface area contributed by atoms with Crippen molar-refractivity contribution in [2.75, 3.05) is 13.1 Å². The molecule has 1 aliphatic heterocycles. The number of fused-ring (bicyclic) bond motifs is 1. The summed E-state index contributed by atoms with van der Waals surface area (Å²) < 4.78 is 4.09. The number of hydrogen-bond donors (Lipinski definition) is 0. The molecule has 1 aliphatic rings. The van der Waals surface area contributed by atoms with Crippen LogP contribution in [0.25, 0.3) is 16.8 Å². The van der Waals surface area contributed by atoms with E-state index in [4.69, 9.17) is 4.98 Å². The number of benzene rings is 1. The average molecular weight is 372 g/mol. The van der Waals surface area contributed by atoms with Crippen LogP contribution in [0.2, 0.25) is 0 Å². The molecule has 1 fully saturated rings. The van der Waals surface area contributed by atoms with Crippen molar-refractivity contribution in [1.29, 1.82) is 0 Å². The maximum absolute atomic E-state index is 4.71. The maximum Gasteiger partial charge on any atom is 0.162 e. The van der Waals surface area contributed by atoms with Crippen molar-refractivity contribution in [2.24, 2.45) is 0 Å². The van der Waals surface area contributed by atoms with Gasteiger partial charge in [0.15, 0.2) is 5.65 Å². The molecule has 3 aromatic heterocycles. The molecular weight excluding hydrogens is 348 g/mol. The summed E-state index contributed by atoms with van der Waals surface area (Å²) >= 11 is 0. The summed E-state index contributed by atoms with van der Waals surface area (Å²) in [4.78, 5) is 7.19. The molecule has 4 heterocycles.